The molecule has 6 nitrogen and oxygen atoms in total. The number of carbonyl (C=O) groups excluding carboxylic acids is 3. The van der Waals surface area contributed by atoms with E-state index in [1.807, 2.05) is 0 Å². The van der Waals surface area contributed by atoms with Gasteiger partial charge in [-0.3, -0.25) is 14.4 Å². The number of hydrogen-bond donors (Lipinski definition) is 0. The second kappa shape index (κ2) is 7.49. The Morgan fingerprint density at radius 2 is 1.95 bits per heavy atom. The van der Waals surface area contributed by atoms with E-state index < -0.39 is 29.6 Å². The van der Waals surface area contributed by atoms with Gasteiger partial charge < -0.3 is 4.74 Å². The topological polar surface area (TPSA) is 78.9 Å². The summed E-state index contributed by atoms with van der Waals surface area (Å²) >= 11 is 5.77. The Labute approximate surface area is 132 Å². The Hall–Kier alpha value is -1.76. The van der Waals surface area contributed by atoms with Crippen LogP contribution < -0.4 is 0 Å². The molecule has 0 radical (unpaired) electrons. The summed E-state index contributed by atoms with van der Waals surface area (Å²) in [6.07, 6.45) is -0.825. The van der Waals surface area contributed by atoms with E-state index in [4.69, 9.17) is 16.3 Å². The van der Waals surface area contributed by atoms with Crippen LogP contribution in [0.4, 0.5) is 0 Å². The number of ketones is 2. The van der Waals surface area contributed by atoms with Crippen LogP contribution in [-0.4, -0.2) is 37.4 Å². The van der Waals surface area contributed by atoms with Crippen molar-refractivity contribution < 1.29 is 28.9 Å². The van der Waals surface area contributed by atoms with Gasteiger partial charge in [-0.15, -0.1) is 0 Å². The molecule has 1 fully saturated rings. The van der Waals surface area contributed by atoms with Crippen LogP contribution in [0.25, 0.3) is 0 Å². The molecular weight excluding hydrogens is 312 g/mol. The van der Waals surface area contributed by atoms with Gasteiger partial charge in [0.2, 0.25) is 0 Å². The van der Waals surface area contributed by atoms with Crippen LogP contribution in [-0.2, 0) is 35.3 Å². The molecule has 0 bridgehead atoms. The molecule has 2 atom stereocenters. The summed E-state index contributed by atoms with van der Waals surface area (Å²) in [5, 5.41) is 0.547. The van der Waals surface area contributed by atoms with Gasteiger partial charge in [-0.1, -0.05) is 23.7 Å². The van der Waals surface area contributed by atoms with Gasteiger partial charge >= 0.3 is 5.97 Å². The largest absolute Gasteiger partial charge is 0.453 e. The number of benzene rings is 1. The molecule has 1 saturated heterocycles. The van der Waals surface area contributed by atoms with Crippen LogP contribution >= 0.6 is 11.6 Å². The van der Waals surface area contributed by atoms with E-state index in [9.17, 15) is 14.4 Å². The highest BCUT2D eigenvalue weighted by molar-refractivity contribution is 6.30. The molecule has 22 heavy (non-hydrogen) atoms. The molecule has 118 valence electrons. The van der Waals surface area contributed by atoms with Crippen LogP contribution in [0.1, 0.15) is 12.0 Å². The summed E-state index contributed by atoms with van der Waals surface area (Å²) < 4.78 is 4.94. The molecule has 1 aromatic rings. The third kappa shape index (κ3) is 3.91. The van der Waals surface area contributed by atoms with E-state index in [1.54, 1.807) is 24.3 Å². The fourth-order valence-electron chi connectivity index (χ4n) is 2.20. The van der Waals surface area contributed by atoms with Crippen molar-refractivity contribution in [3.63, 3.8) is 0 Å². The number of hydrogen-bond acceptors (Lipinski definition) is 6. The number of halogens is 1. The smallest absolute Gasteiger partial charge is 0.325 e. The summed E-state index contributed by atoms with van der Waals surface area (Å²) in [7, 11) is 1.33. The lowest BCUT2D eigenvalue weighted by Crippen LogP contribution is -2.29. The third-order valence-electron chi connectivity index (χ3n) is 3.29. The predicted octanol–water partition coefficient (Wildman–Crippen LogP) is 1.53. The molecule has 1 aliphatic heterocycles. The van der Waals surface area contributed by atoms with Crippen LogP contribution in [0.5, 0.6) is 0 Å². The second-order valence-electron chi connectivity index (χ2n) is 4.81. The Kier molecular flexibility index (Phi) is 5.65. The fourth-order valence-corrected chi connectivity index (χ4v) is 2.33. The molecule has 0 N–H and O–H groups in total. The zero-order valence-corrected chi connectivity index (χ0v) is 12.7. The number of rotatable bonds is 7. The van der Waals surface area contributed by atoms with Gasteiger partial charge in [0.05, 0.1) is 13.7 Å². The Balaban J connectivity index is 1.98. The molecule has 0 spiro atoms. The Bertz CT molecular complexity index is 568. The molecule has 0 saturated carbocycles. The lowest BCUT2D eigenvalue weighted by molar-refractivity contribution is -0.274. The quantitative estimate of drug-likeness (QED) is 0.248. The monoisotopic (exact) mass is 326 g/mol. The minimum atomic E-state index is -1.36. The standard InChI is InChI=1S/C15H15ClO6/c1-20-21-7-6-12-14(18)13(15(19)22-12)11(17)8-9-2-4-10(16)5-3-9/h2-5,12-13H,6-8H2,1H3. The summed E-state index contributed by atoms with van der Waals surface area (Å²) in [5.74, 6) is -3.16. The van der Waals surface area contributed by atoms with Gasteiger partial charge in [0.1, 0.15) is 0 Å². The lowest BCUT2D eigenvalue weighted by atomic mass is 9.93. The Morgan fingerprint density at radius 1 is 1.27 bits per heavy atom. The maximum absolute atomic E-state index is 12.2. The second-order valence-corrected chi connectivity index (χ2v) is 5.24. The molecule has 1 aliphatic rings. The lowest BCUT2D eigenvalue weighted by Gasteiger charge is -2.06. The average Bonchev–Trinajstić information content (AvgIpc) is 2.76. The predicted molar refractivity (Wildman–Crippen MR) is 76.1 cm³/mol. The highest BCUT2D eigenvalue weighted by Crippen LogP contribution is 2.22. The molecule has 0 amide bonds. The van der Waals surface area contributed by atoms with Gasteiger partial charge in [0.25, 0.3) is 0 Å². The van der Waals surface area contributed by atoms with E-state index >= 15 is 0 Å². The van der Waals surface area contributed by atoms with E-state index in [-0.39, 0.29) is 19.4 Å². The third-order valence-corrected chi connectivity index (χ3v) is 3.54. The van der Waals surface area contributed by atoms with Crippen LogP contribution in [0, 0.1) is 5.92 Å². The summed E-state index contributed by atoms with van der Waals surface area (Å²) in [6.45, 7) is 0.0955. The minimum absolute atomic E-state index is 0.0238. The van der Waals surface area contributed by atoms with Crippen LogP contribution in [0.15, 0.2) is 24.3 Å². The summed E-state index contributed by atoms with van der Waals surface area (Å²) in [6, 6.07) is 6.64. The van der Waals surface area contributed by atoms with Gasteiger partial charge in [-0.05, 0) is 17.7 Å². The van der Waals surface area contributed by atoms with Crippen molar-refractivity contribution in [1.29, 1.82) is 0 Å². The zero-order valence-electron chi connectivity index (χ0n) is 11.9. The maximum Gasteiger partial charge on any atom is 0.325 e. The van der Waals surface area contributed by atoms with E-state index in [0.29, 0.717) is 10.6 Å². The van der Waals surface area contributed by atoms with Gasteiger partial charge in [-0.25, -0.2) is 9.78 Å². The highest BCUT2D eigenvalue weighted by atomic mass is 35.5. The minimum Gasteiger partial charge on any atom is -0.453 e. The van der Waals surface area contributed by atoms with Crippen molar-refractivity contribution in [2.24, 2.45) is 5.92 Å². The van der Waals surface area contributed by atoms with Crippen LogP contribution in [0.3, 0.4) is 0 Å². The molecule has 1 aromatic carbocycles. The highest BCUT2D eigenvalue weighted by Gasteiger charge is 2.47. The summed E-state index contributed by atoms with van der Waals surface area (Å²) in [4.78, 5) is 45.1. The molecule has 0 aromatic heterocycles. The van der Waals surface area contributed by atoms with Crippen LogP contribution in [0.2, 0.25) is 5.02 Å². The van der Waals surface area contributed by atoms with Crippen molar-refractivity contribution >= 4 is 29.1 Å². The average molecular weight is 327 g/mol. The Morgan fingerprint density at radius 3 is 2.59 bits per heavy atom. The van der Waals surface area contributed by atoms with E-state index in [2.05, 4.69) is 9.78 Å². The molecule has 1 heterocycles. The van der Waals surface area contributed by atoms with Crippen molar-refractivity contribution in [3.8, 4) is 0 Å². The molecule has 2 rings (SSSR count). The maximum atomic E-state index is 12.2. The first-order valence-electron chi connectivity index (χ1n) is 6.70. The van der Waals surface area contributed by atoms with Gasteiger partial charge in [-0.2, -0.15) is 0 Å². The number of ether oxygens (including phenoxy) is 1. The SMILES string of the molecule is COOCCC1OC(=O)C(C(=O)Cc2ccc(Cl)cc2)C1=O. The first-order valence-corrected chi connectivity index (χ1v) is 7.07. The fraction of sp³-hybridized carbons (Fsp3) is 0.400. The number of esters is 1. The van der Waals surface area contributed by atoms with Crippen molar-refractivity contribution in [1.82, 2.24) is 0 Å². The normalized spacial score (nSPS) is 21.0. The first-order chi connectivity index (χ1) is 10.5. The molecule has 7 heteroatoms. The first kappa shape index (κ1) is 16.6. The number of cyclic esters (lactones) is 1. The number of carbonyl (C=O) groups is 3. The molecule has 2 unspecified atom stereocenters. The molecular formula is C15H15ClO6. The van der Waals surface area contributed by atoms with E-state index in [1.165, 1.54) is 7.11 Å². The van der Waals surface area contributed by atoms with Crippen molar-refractivity contribution in [2.45, 2.75) is 18.9 Å². The number of Topliss-reactive ketones (excluding diaryl/α,β-unsaturated/α-hetero) is 2. The van der Waals surface area contributed by atoms with Gasteiger partial charge in [0.15, 0.2) is 23.6 Å². The van der Waals surface area contributed by atoms with E-state index in [0.717, 1.165) is 0 Å². The van der Waals surface area contributed by atoms with Gasteiger partial charge in [0, 0.05) is 17.9 Å². The van der Waals surface area contributed by atoms with Crippen molar-refractivity contribution in [3.05, 3.63) is 34.9 Å². The zero-order chi connectivity index (χ0) is 16.1. The summed E-state index contributed by atoms with van der Waals surface area (Å²) in [5.41, 5.74) is 0.682. The molecule has 0 aliphatic carbocycles. The van der Waals surface area contributed by atoms with Crippen molar-refractivity contribution in [2.75, 3.05) is 13.7 Å².